The van der Waals surface area contributed by atoms with Crippen molar-refractivity contribution in [2.75, 3.05) is 6.54 Å². The third kappa shape index (κ3) is 3.12. The molecule has 94 valence electrons. The highest BCUT2D eigenvalue weighted by Gasteiger charge is 2.46. The molecule has 1 aliphatic carbocycles. The molecule has 1 fully saturated rings. The summed E-state index contributed by atoms with van der Waals surface area (Å²) >= 11 is 0. The van der Waals surface area contributed by atoms with Gasteiger partial charge in [0.2, 0.25) is 12.2 Å². The second-order valence-electron chi connectivity index (χ2n) is 6.18. The largest absolute Gasteiger partial charge is 0.235 e. The number of hydrogen-bond acceptors (Lipinski definition) is 4. The molecule has 4 nitrogen and oxygen atoms in total. The summed E-state index contributed by atoms with van der Waals surface area (Å²) in [5.41, 5.74) is -0.00510. The molecule has 1 saturated carbocycles. The van der Waals surface area contributed by atoms with E-state index in [4.69, 9.17) is 0 Å². The predicted octanol–water partition coefficient (Wildman–Crippen LogP) is 2.49. The minimum atomic E-state index is -0.107. The lowest BCUT2D eigenvalue weighted by molar-refractivity contribution is 0.0342. The van der Waals surface area contributed by atoms with Crippen molar-refractivity contribution in [3.05, 3.63) is 0 Å². The van der Waals surface area contributed by atoms with Crippen molar-refractivity contribution in [2.24, 2.45) is 26.7 Å². The van der Waals surface area contributed by atoms with Crippen LogP contribution >= 0.6 is 0 Å². The van der Waals surface area contributed by atoms with Crippen LogP contribution in [0.3, 0.4) is 0 Å². The second-order valence-corrected chi connectivity index (χ2v) is 6.18. The van der Waals surface area contributed by atoms with E-state index in [0.717, 1.165) is 12.8 Å². The number of hydrogen-bond donors (Lipinski definition) is 0. The zero-order chi connectivity index (χ0) is 13.1. The molecule has 0 saturated heterocycles. The van der Waals surface area contributed by atoms with Crippen molar-refractivity contribution in [3.8, 4) is 0 Å². The highest BCUT2D eigenvalue weighted by molar-refractivity contribution is 5.34. The van der Waals surface area contributed by atoms with Crippen molar-refractivity contribution in [1.82, 2.24) is 0 Å². The van der Waals surface area contributed by atoms with Crippen LogP contribution < -0.4 is 0 Å². The predicted molar refractivity (Wildman–Crippen MR) is 65.2 cm³/mol. The molecule has 0 spiro atoms. The fourth-order valence-electron chi connectivity index (χ4n) is 3.17. The zero-order valence-electron chi connectivity index (χ0n) is 11.0. The van der Waals surface area contributed by atoms with Crippen molar-refractivity contribution in [3.63, 3.8) is 0 Å². The van der Waals surface area contributed by atoms with Crippen LogP contribution in [0.4, 0.5) is 0 Å². The molecule has 0 aliphatic heterocycles. The number of carbonyl (C=O) groups excluding carboxylic acids is 2. The van der Waals surface area contributed by atoms with Gasteiger partial charge < -0.3 is 0 Å². The first-order chi connectivity index (χ1) is 7.84. The Balaban J connectivity index is 3.02. The first-order valence-electron chi connectivity index (χ1n) is 5.95. The van der Waals surface area contributed by atoms with E-state index in [0.29, 0.717) is 6.54 Å². The Morgan fingerprint density at radius 1 is 1.24 bits per heavy atom. The summed E-state index contributed by atoms with van der Waals surface area (Å²) in [6, 6.07) is -0.0249. The Morgan fingerprint density at radius 3 is 2.41 bits per heavy atom. The molecule has 0 bridgehead atoms. The van der Waals surface area contributed by atoms with Crippen molar-refractivity contribution in [2.45, 2.75) is 46.6 Å². The standard InChI is InChI=1S/C13H20N2O2/c1-10-11(15-9-17)5-12(2,3)6-13(10,4)7-14-8-16/h10-11H,5-7H2,1-4H3/t10-,11?,13?/m0/s1. The Morgan fingerprint density at radius 2 is 1.88 bits per heavy atom. The van der Waals surface area contributed by atoms with Crippen LogP contribution in [0.25, 0.3) is 0 Å². The van der Waals surface area contributed by atoms with Gasteiger partial charge in [0.1, 0.15) is 0 Å². The van der Waals surface area contributed by atoms with Crippen LogP contribution in [-0.2, 0) is 9.59 Å². The van der Waals surface area contributed by atoms with Crippen LogP contribution in [0.2, 0.25) is 0 Å². The van der Waals surface area contributed by atoms with Gasteiger partial charge in [0.25, 0.3) is 0 Å². The summed E-state index contributed by atoms with van der Waals surface area (Å²) in [5.74, 6) is 0.217. The van der Waals surface area contributed by atoms with E-state index in [1.54, 1.807) is 12.2 Å². The van der Waals surface area contributed by atoms with Gasteiger partial charge in [-0.1, -0.05) is 27.7 Å². The summed E-state index contributed by atoms with van der Waals surface area (Å²) in [6.07, 6.45) is 5.12. The molecule has 0 aromatic carbocycles. The van der Waals surface area contributed by atoms with Crippen LogP contribution in [-0.4, -0.2) is 24.7 Å². The normalized spacial score (nSPS) is 35.5. The molecule has 1 rings (SSSR count). The van der Waals surface area contributed by atoms with Crippen LogP contribution in [0.15, 0.2) is 9.98 Å². The first kappa shape index (κ1) is 13.8. The molecule has 0 aromatic heterocycles. The maximum Gasteiger partial charge on any atom is 0.235 e. The lowest BCUT2D eigenvalue weighted by Crippen LogP contribution is -2.46. The molecule has 1 aliphatic rings. The summed E-state index contributed by atoms with van der Waals surface area (Å²) in [5, 5.41) is 0. The van der Waals surface area contributed by atoms with Gasteiger partial charge in [-0.3, -0.25) is 0 Å². The number of aliphatic imine (C=N–C) groups is 2. The van der Waals surface area contributed by atoms with E-state index in [2.05, 4.69) is 37.7 Å². The van der Waals surface area contributed by atoms with Gasteiger partial charge in [0, 0.05) is 0 Å². The molecule has 0 heterocycles. The molecule has 0 radical (unpaired) electrons. The van der Waals surface area contributed by atoms with Crippen LogP contribution in [0, 0.1) is 16.7 Å². The maximum atomic E-state index is 10.5. The van der Waals surface area contributed by atoms with Crippen molar-refractivity contribution < 1.29 is 9.59 Å². The molecule has 0 N–H and O–H groups in total. The highest BCUT2D eigenvalue weighted by Crippen LogP contribution is 2.50. The number of nitrogens with zero attached hydrogens (tertiary/aromatic N) is 2. The smallest absolute Gasteiger partial charge is 0.211 e. The van der Waals surface area contributed by atoms with Gasteiger partial charge in [0.05, 0.1) is 12.6 Å². The molecule has 0 amide bonds. The van der Waals surface area contributed by atoms with E-state index in [-0.39, 0.29) is 22.8 Å². The Labute approximate surface area is 102 Å². The van der Waals surface area contributed by atoms with Crippen LogP contribution in [0.1, 0.15) is 40.5 Å². The van der Waals surface area contributed by atoms with Gasteiger partial charge >= 0.3 is 0 Å². The molecule has 4 heteroatoms. The van der Waals surface area contributed by atoms with Gasteiger partial charge in [-0.05, 0) is 29.6 Å². The van der Waals surface area contributed by atoms with Crippen molar-refractivity contribution in [1.29, 1.82) is 0 Å². The molecular formula is C13H20N2O2. The highest BCUT2D eigenvalue weighted by atomic mass is 16.1. The Kier molecular flexibility index (Phi) is 4.03. The van der Waals surface area contributed by atoms with E-state index in [1.807, 2.05) is 0 Å². The summed E-state index contributed by atoms with van der Waals surface area (Å²) < 4.78 is 0. The molecule has 3 atom stereocenters. The third-order valence-electron chi connectivity index (χ3n) is 4.04. The minimum absolute atomic E-state index is 0.0249. The van der Waals surface area contributed by atoms with E-state index >= 15 is 0 Å². The SMILES string of the molecule is C[C@H]1C(N=C=O)CC(C)(C)CC1(C)CN=C=O. The van der Waals surface area contributed by atoms with Gasteiger partial charge in [-0.2, -0.15) is 0 Å². The summed E-state index contributed by atoms with van der Waals surface area (Å²) in [6.45, 7) is 8.95. The topological polar surface area (TPSA) is 58.9 Å². The lowest BCUT2D eigenvalue weighted by atomic mass is 9.58. The van der Waals surface area contributed by atoms with Gasteiger partial charge in [-0.15, -0.1) is 0 Å². The first-order valence-corrected chi connectivity index (χ1v) is 5.95. The van der Waals surface area contributed by atoms with Gasteiger partial charge in [0.15, 0.2) is 0 Å². The average molecular weight is 236 g/mol. The van der Waals surface area contributed by atoms with Gasteiger partial charge in [-0.25, -0.2) is 19.6 Å². The fraction of sp³-hybridized carbons (Fsp3) is 0.846. The summed E-state index contributed by atoms with van der Waals surface area (Å²) in [7, 11) is 0. The molecular weight excluding hydrogens is 216 g/mol. The lowest BCUT2D eigenvalue weighted by Gasteiger charge is -2.49. The van der Waals surface area contributed by atoms with E-state index in [1.165, 1.54) is 0 Å². The van der Waals surface area contributed by atoms with Crippen LogP contribution in [0.5, 0.6) is 0 Å². The number of isocyanates is 2. The second kappa shape index (κ2) is 4.95. The molecule has 0 aromatic rings. The molecule has 2 unspecified atom stereocenters. The number of rotatable bonds is 3. The summed E-state index contributed by atoms with van der Waals surface area (Å²) in [4.78, 5) is 28.4. The van der Waals surface area contributed by atoms with E-state index in [9.17, 15) is 9.59 Å². The monoisotopic (exact) mass is 236 g/mol. The fourth-order valence-corrected chi connectivity index (χ4v) is 3.17. The quantitative estimate of drug-likeness (QED) is 0.558. The third-order valence-corrected chi connectivity index (χ3v) is 4.04. The molecule has 17 heavy (non-hydrogen) atoms. The van der Waals surface area contributed by atoms with Crippen molar-refractivity contribution >= 4 is 12.2 Å². The minimum Gasteiger partial charge on any atom is -0.211 e. The average Bonchev–Trinajstić information content (AvgIpc) is 2.22. The Hall–Kier alpha value is -1.24. The van der Waals surface area contributed by atoms with E-state index < -0.39 is 0 Å². The zero-order valence-corrected chi connectivity index (χ0v) is 11.0. The Bertz CT molecular complexity index is 379. The maximum absolute atomic E-state index is 10.5.